The molecule has 2 amide bonds. The molecule has 2 atom stereocenters. The Kier molecular flexibility index (Phi) is 28.2. The maximum absolute atomic E-state index is 13.5. The monoisotopic (exact) mass is 1140 g/mol. The minimum Gasteiger partial charge on any atom is -0.870 e. The average Bonchev–Trinajstić information content (AvgIpc) is 3.48. The van der Waals surface area contributed by atoms with Crippen LogP contribution in [0.1, 0.15) is 92.4 Å². The number of likely N-dealkylation sites (tertiary alicyclic amines) is 4. The number of benzene rings is 4. The smallest absolute Gasteiger partial charge is 0.870 e. The second kappa shape index (κ2) is 33.8. The molecule has 0 aromatic heterocycles. The first-order chi connectivity index (χ1) is 38.5. The van der Waals surface area contributed by atoms with Gasteiger partial charge in [0.25, 0.3) is 0 Å². The number of nitrogens with zero attached hydrogens (tertiary/aromatic N) is 4. The van der Waals surface area contributed by atoms with Crippen LogP contribution < -0.4 is 28.3 Å². The predicted molar refractivity (Wildman–Crippen MR) is 293 cm³/mol. The molecular formula is C61H75F6LiN4O10. The van der Waals surface area contributed by atoms with Gasteiger partial charge in [0.05, 0.1) is 32.7 Å². The summed E-state index contributed by atoms with van der Waals surface area (Å²) in [5.41, 5.74) is 2.70. The van der Waals surface area contributed by atoms with Crippen LogP contribution in [0.15, 0.2) is 84.9 Å². The van der Waals surface area contributed by atoms with Crippen LogP contribution in [0.4, 0.5) is 26.3 Å². The number of ether oxygens (including phenoxy) is 3. The van der Waals surface area contributed by atoms with Crippen LogP contribution in [0.2, 0.25) is 0 Å². The first-order valence-corrected chi connectivity index (χ1v) is 27.3. The number of aliphatic hydroxyl groups excluding tert-OH is 1. The number of carboxylic acid groups (broad SMARTS) is 1. The topological polar surface area (TPSA) is 179 Å². The number of methoxy groups -OCH3 is 2. The van der Waals surface area contributed by atoms with Crippen LogP contribution in [0, 0.1) is 58.6 Å². The molecule has 0 saturated carbocycles. The number of amides is 2. The Balaban J connectivity index is 0.000000335. The van der Waals surface area contributed by atoms with Gasteiger partial charge in [-0.2, -0.15) is 0 Å². The van der Waals surface area contributed by atoms with Crippen molar-refractivity contribution in [3.05, 3.63) is 142 Å². The summed E-state index contributed by atoms with van der Waals surface area (Å²) in [6, 6.07) is 19.7. The number of hydrogen-bond donors (Lipinski definition) is 2. The predicted octanol–water partition coefficient (Wildman–Crippen LogP) is 6.80. The summed E-state index contributed by atoms with van der Waals surface area (Å²) in [6.45, 7) is 8.49. The van der Waals surface area contributed by atoms with Gasteiger partial charge in [0.15, 0.2) is 34.9 Å². The van der Waals surface area contributed by atoms with Gasteiger partial charge in [0.2, 0.25) is 11.8 Å². The molecule has 4 fully saturated rings. The van der Waals surface area contributed by atoms with Crippen LogP contribution in [0.5, 0.6) is 11.5 Å². The van der Waals surface area contributed by atoms with E-state index in [1.165, 1.54) is 35.4 Å². The second-order valence-corrected chi connectivity index (χ2v) is 20.6. The third kappa shape index (κ3) is 19.2. The van der Waals surface area contributed by atoms with Gasteiger partial charge in [-0.3, -0.25) is 19.2 Å². The number of piperidine rings is 4. The van der Waals surface area contributed by atoms with Gasteiger partial charge in [0.1, 0.15) is 11.5 Å². The van der Waals surface area contributed by atoms with Crippen LogP contribution >= 0.6 is 0 Å². The molecule has 3 N–H and O–H groups in total. The van der Waals surface area contributed by atoms with Crippen molar-refractivity contribution in [3.8, 4) is 11.5 Å². The van der Waals surface area contributed by atoms with Crippen molar-refractivity contribution in [2.45, 2.75) is 70.1 Å². The normalized spacial score (nSPS) is 17.5. The van der Waals surface area contributed by atoms with Crippen LogP contribution in [0.25, 0.3) is 12.2 Å². The van der Waals surface area contributed by atoms with E-state index >= 15 is 0 Å². The summed E-state index contributed by atoms with van der Waals surface area (Å²) in [5, 5.41) is 17.0. The molecule has 82 heavy (non-hydrogen) atoms. The van der Waals surface area contributed by atoms with Crippen LogP contribution in [0.3, 0.4) is 0 Å². The molecular weight excluding hydrogens is 1070 g/mol. The molecule has 4 aromatic carbocycles. The van der Waals surface area contributed by atoms with Gasteiger partial charge in [-0.05, 0) is 191 Å². The quantitative estimate of drug-likeness (QED) is 0.0372. The number of carbonyl (C=O) groups excluding carboxylic acids is 3. The zero-order valence-corrected chi connectivity index (χ0v) is 47.4. The number of carbonyl (C=O) groups is 4. The van der Waals surface area contributed by atoms with E-state index in [1.54, 1.807) is 24.0 Å². The van der Waals surface area contributed by atoms with E-state index in [-0.39, 0.29) is 71.0 Å². The Morgan fingerprint density at radius 3 is 1.20 bits per heavy atom. The number of halogens is 6. The standard InChI is InChI=1S/C31H37F3N2O4.C29H33F3N2O4.CH4O.Li.H2O/c1-3-40-31(38)26(20-35-14-10-23(11-15-35)22-5-7-25(39-2)8-6-22)24-12-16-36(17-13-24)29(37)9-4-21-18-27(32)30(34)28(33)19-21;1-38-23-5-3-20(4-6-23)21-8-12-33(13-9-21)18-24(29(36)37)22-10-14-34(15-11-22)27(35)7-2-19-16-25(30)28(32)26(31)17-19;1-2;;/h4-9,18-19,23-24,26H,3,10-17,20H2,1-2H3;2-7,16-17,21-22,24H,8-15,18H2,1H3,(H,36,37);2H,1H3;;1H2/q;;;+1;/p-1/b9-4+;7-2+;;;. The molecule has 2 unspecified atom stereocenters. The molecule has 4 saturated heterocycles. The molecule has 4 aliphatic heterocycles. The number of rotatable bonds is 17. The number of hydrogen-bond acceptors (Lipinski definition) is 11. The molecule has 0 aliphatic carbocycles. The Morgan fingerprint density at radius 1 is 0.549 bits per heavy atom. The molecule has 4 heterocycles. The van der Waals surface area contributed by atoms with Gasteiger partial charge in [-0.1, -0.05) is 24.3 Å². The number of aliphatic hydroxyl groups is 1. The van der Waals surface area contributed by atoms with Crippen LogP contribution in [-0.4, -0.2) is 152 Å². The van der Waals surface area contributed by atoms with Gasteiger partial charge >= 0.3 is 30.8 Å². The molecule has 4 aliphatic rings. The molecule has 8 rings (SSSR count). The van der Waals surface area contributed by atoms with Crippen molar-refractivity contribution >= 4 is 35.9 Å². The van der Waals surface area contributed by atoms with E-state index in [9.17, 15) is 50.6 Å². The third-order valence-electron chi connectivity index (χ3n) is 15.9. The molecule has 442 valence electrons. The van der Waals surface area contributed by atoms with Crippen molar-refractivity contribution in [2.24, 2.45) is 23.7 Å². The minimum atomic E-state index is -1.55. The first-order valence-electron chi connectivity index (χ1n) is 27.3. The van der Waals surface area contributed by atoms with E-state index in [2.05, 4.69) is 34.1 Å². The van der Waals surface area contributed by atoms with E-state index in [0.717, 1.165) is 94.7 Å². The SMILES string of the molecule is CCOC(=O)C(CN1CCC(c2ccc(OC)cc2)CC1)C1CCN(C(=O)/C=C/c2cc(F)c(F)c(F)c2)CC1.CO.COc1ccc(C2CCN(CC(C(=O)O)C3CCN(C(=O)/C=C/c4cc(F)c(F)c(F)c4)CC3)CC2)cc1.[Li+].[OH-]. The average molecular weight is 1150 g/mol. The molecule has 0 bridgehead atoms. The first kappa shape index (κ1) is 68.4. The van der Waals surface area contributed by atoms with Crippen LogP contribution in [-0.2, 0) is 23.9 Å². The Hall–Kier alpha value is -6.14. The largest absolute Gasteiger partial charge is 1.00 e. The summed E-state index contributed by atoms with van der Waals surface area (Å²) < 4.78 is 95.9. The molecule has 4 aromatic rings. The zero-order chi connectivity index (χ0) is 57.9. The Labute approximate surface area is 488 Å². The van der Waals surface area contributed by atoms with Crippen molar-refractivity contribution in [1.82, 2.24) is 19.6 Å². The summed E-state index contributed by atoms with van der Waals surface area (Å²) in [6.07, 6.45) is 11.4. The van der Waals surface area contributed by atoms with Crippen molar-refractivity contribution < 1.29 is 94.3 Å². The fourth-order valence-corrected chi connectivity index (χ4v) is 11.2. The maximum Gasteiger partial charge on any atom is 1.00 e. The van der Waals surface area contributed by atoms with E-state index < -0.39 is 46.8 Å². The fourth-order valence-electron chi connectivity index (χ4n) is 11.2. The fraction of sp³-hybridized carbons (Fsp3) is 0.475. The van der Waals surface area contributed by atoms with E-state index in [0.29, 0.717) is 83.4 Å². The summed E-state index contributed by atoms with van der Waals surface area (Å²) in [7, 11) is 4.31. The molecule has 0 radical (unpaired) electrons. The number of esters is 1. The van der Waals surface area contributed by atoms with Gasteiger partial charge < -0.3 is 49.5 Å². The Morgan fingerprint density at radius 2 is 0.878 bits per heavy atom. The zero-order valence-electron chi connectivity index (χ0n) is 47.4. The molecule has 21 heteroatoms. The van der Waals surface area contributed by atoms with Gasteiger partial charge in [-0.15, -0.1) is 0 Å². The summed E-state index contributed by atoms with van der Waals surface area (Å²) in [4.78, 5) is 58.2. The van der Waals surface area contributed by atoms with Gasteiger partial charge in [0, 0.05) is 58.5 Å². The van der Waals surface area contributed by atoms with Crippen molar-refractivity contribution in [1.29, 1.82) is 0 Å². The summed E-state index contributed by atoms with van der Waals surface area (Å²) >= 11 is 0. The van der Waals surface area contributed by atoms with Crippen molar-refractivity contribution in [3.63, 3.8) is 0 Å². The minimum absolute atomic E-state index is 0. The number of aliphatic carboxylic acids is 1. The van der Waals surface area contributed by atoms with E-state index in [4.69, 9.17) is 19.3 Å². The maximum atomic E-state index is 13.5. The Bertz CT molecular complexity index is 2680. The van der Waals surface area contributed by atoms with Crippen molar-refractivity contribution in [2.75, 3.05) is 93.4 Å². The molecule has 0 spiro atoms. The van der Waals surface area contributed by atoms with Gasteiger partial charge in [-0.25, -0.2) is 26.3 Å². The molecule has 14 nitrogen and oxygen atoms in total. The second-order valence-electron chi connectivity index (χ2n) is 20.6. The third-order valence-corrected chi connectivity index (χ3v) is 15.9. The van der Waals surface area contributed by atoms with E-state index in [1.807, 2.05) is 31.2 Å². The number of carboxylic acids is 1. The summed E-state index contributed by atoms with van der Waals surface area (Å²) in [5.74, 6) is -8.08.